The Morgan fingerprint density at radius 1 is 0.765 bits per heavy atom. The van der Waals surface area contributed by atoms with Gasteiger partial charge in [0.1, 0.15) is 5.69 Å². The van der Waals surface area contributed by atoms with Gasteiger partial charge in [0.05, 0.1) is 16.9 Å². The van der Waals surface area contributed by atoms with E-state index in [0.717, 1.165) is 5.56 Å². The van der Waals surface area contributed by atoms with Crippen LogP contribution in [0.3, 0.4) is 0 Å². The average Bonchev–Trinajstić information content (AvgIpc) is 3.33. The third kappa shape index (κ3) is 4.07. The van der Waals surface area contributed by atoms with Crippen molar-refractivity contribution in [3.05, 3.63) is 119 Å². The van der Waals surface area contributed by atoms with E-state index >= 15 is 0 Å². The van der Waals surface area contributed by atoms with Crippen molar-refractivity contribution in [1.82, 2.24) is 25.6 Å². The van der Waals surface area contributed by atoms with E-state index in [0.29, 0.717) is 22.3 Å². The molecule has 0 radical (unpaired) electrons. The lowest BCUT2D eigenvalue weighted by Gasteiger charge is -2.10. The Morgan fingerprint density at radius 2 is 1.41 bits per heavy atom. The van der Waals surface area contributed by atoms with Crippen LogP contribution in [0.4, 0.5) is 0 Å². The topological polar surface area (TPSA) is 109 Å². The van der Waals surface area contributed by atoms with Crippen molar-refractivity contribution in [2.45, 2.75) is 0 Å². The molecule has 8 heteroatoms. The van der Waals surface area contributed by atoms with E-state index < -0.39 is 17.4 Å². The highest BCUT2D eigenvalue weighted by Gasteiger charge is 2.19. The van der Waals surface area contributed by atoms with Crippen molar-refractivity contribution < 1.29 is 9.59 Å². The fourth-order valence-electron chi connectivity index (χ4n) is 3.70. The maximum absolute atomic E-state index is 13.1. The van der Waals surface area contributed by atoms with Crippen LogP contribution in [-0.4, -0.2) is 26.6 Å². The molecule has 0 atom stereocenters. The summed E-state index contributed by atoms with van der Waals surface area (Å²) in [4.78, 5) is 40.6. The van der Waals surface area contributed by atoms with Crippen molar-refractivity contribution >= 4 is 22.7 Å². The number of para-hydroxylation sites is 2. The number of nitrogens with one attached hydrogen (secondary N) is 3. The predicted molar refractivity (Wildman–Crippen MR) is 129 cm³/mol. The number of hydrogen-bond donors (Lipinski definition) is 3. The Morgan fingerprint density at radius 3 is 2.18 bits per heavy atom. The highest BCUT2D eigenvalue weighted by atomic mass is 16.2. The lowest BCUT2D eigenvalue weighted by Crippen LogP contribution is -2.42. The van der Waals surface area contributed by atoms with Gasteiger partial charge in [-0.1, -0.05) is 66.7 Å². The quantitative estimate of drug-likeness (QED) is 0.365. The predicted octanol–water partition coefficient (Wildman–Crippen LogP) is 3.46. The smallest absolute Gasteiger partial charge is 0.288 e. The maximum Gasteiger partial charge on any atom is 0.288 e. The first kappa shape index (κ1) is 20.9. The Labute approximate surface area is 193 Å². The number of carbonyl (C=O) groups is 2. The number of rotatable bonds is 4. The SMILES string of the molecule is O=C(NNC(=O)c1cc(-c2ccccc2)nn1-c1ccccc1)c1cc(=O)[nH]c2ccccc12. The van der Waals surface area contributed by atoms with Crippen molar-refractivity contribution in [3.63, 3.8) is 0 Å². The average molecular weight is 449 g/mol. The fraction of sp³-hybridized carbons (Fsp3) is 0. The van der Waals surface area contributed by atoms with Gasteiger partial charge in [-0.3, -0.25) is 25.2 Å². The number of aromatic amines is 1. The molecule has 3 N–H and O–H groups in total. The normalized spacial score (nSPS) is 10.7. The van der Waals surface area contributed by atoms with Crippen LogP contribution in [0.15, 0.2) is 102 Å². The van der Waals surface area contributed by atoms with Gasteiger partial charge in [-0.05, 0) is 24.3 Å². The van der Waals surface area contributed by atoms with Crippen LogP contribution in [0.1, 0.15) is 20.8 Å². The molecule has 0 aliphatic carbocycles. The minimum absolute atomic E-state index is 0.154. The van der Waals surface area contributed by atoms with Gasteiger partial charge in [-0.25, -0.2) is 4.68 Å². The Hall–Kier alpha value is -4.98. The van der Waals surface area contributed by atoms with Crippen molar-refractivity contribution in [3.8, 4) is 16.9 Å². The summed E-state index contributed by atoms with van der Waals surface area (Å²) in [7, 11) is 0. The van der Waals surface area contributed by atoms with Crippen molar-refractivity contribution in [2.24, 2.45) is 0 Å². The van der Waals surface area contributed by atoms with E-state index in [-0.39, 0.29) is 11.3 Å². The lowest BCUT2D eigenvalue weighted by molar-refractivity contribution is 0.0843. The van der Waals surface area contributed by atoms with Crippen LogP contribution in [0.2, 0.25) is 0 Å². The number of fused-ring (bicyclic) bond motifs is 1. The molecule has 3 aromatic carbocycles. The molecule has 34 heavy (non-hydrogen) atoms. The van der Waals surface area contributed by atoms with Gasteiger partial charge >= 0.3 is 0 Å². The van der Waals surface area contributed by atoms with E-state index in [1.807, 2.05) is 60.7 Å². The lowest BCUT2D eigenvalue weighted by atomic mass is 10.1. The second kappa shape index (κ2) is 8.87. The Bertz CT molecular complexity index is 1560. The molecule has 0 spiro atoms. The first-order valence-electron chi connectivity index (χ1n) is 10.5. The van der Waals surface area contributed by atoms with Gasteiger partial charge in [-0.15, -0.1) is 0 Å². The summed E-state index contributed by atoms with van der Waals surface area (Å²) >= 11 is 0. The van der Waals surface area contributed by atoms with Gasteiger partial charge in [0.15, 0.2) is 0 Å². The number of nitrogens with zero attached hydrogens (tertiary/aromatic N) is 2. The molecule has 0 unspecified atom stereocenters. The van der Waals surface area contributed by atoms with E-state index in [2.05, 4.69) is 20.9 Å². The van der Waals surface area contributed by atoms with Gasteiger partial charge in [-0.2, -0.15) is 5.10 Å². The number of benzene rings is 3. The number of hydrogen-bond acceptors (Lipinski definition) is 4. The molecule has 0 bridgehead atoms. The van der Waals surface area contributed by atoms with Crippen LogP contribution >= 0.6 is 0 Å². The zero-order valence-corrected chi connectivity index (χ0v) is 17.9. The minimum Gasteiger partial charge on any atom is -0.322 e. The van der Waals surface area contributed by atoms with E-state index in [9.17, 15) is 14.4 Å². The van der Waals surface area contributed by atoms with Gasteiger partial charge in [0, 0.05) is 22.5 Å². The van der Waals surface area contributed by atoms with Crippen LogP contribution in [0.25, 0.3) is 27.8 Å². The highest BCUT2D eigenvalue weighted by Crippen LogP contribution is 2.21. The molecule has 0 aliphatic rings. The molecule has 0 fully saturated rings. The number of pyridine rings is 1. The molecule has 166 valence electrons. The third-order valence-electron chi connectivity index (χ3n) is 5.30. The van der Waals surface area contributed by atoms with Gasteiger partial charge < -0.3 is 4.98 Å². The zero-order valence-electron chi connectivity index (χ0n) is 17.9. The zero-order chi connectivity index (χ0) is 23.5. The molecule has 0 aliphatic heterocycles. The summed E-state index contributed by atoms with van der Waals surface area (Å²) in [5.41, 5.74) is 7.53. The molecule has 0 saturated heterocycles. The molecule has 5 aromatic rings. The summed E-state index contributed by atoms with van der Waals surface area (Å²) in [6.45, 7) is 0. The van der Waals surface area contributed by atoms with Crippen LogP contribution in [-0.2, 0) is 0 Å². The summed E-state index contributed by atoms with van der Waals surface area (Å²) in [6, 6.07) is 28.5. The second-order valence-electron chi connectivity index (χ2n) is 7.53. The molecule has 2 heterocycles. The monoisotopic (exact) mass is 449 g/mol. The fourth-order valence-corrected chi connectivity index (χ4v) is 3.70. The summed E-state index contributed by atoms with van der Waals surface area (Å²) < 4.78 is 1.52. The Balaban J connectivity index is 1.44. The number of hydrazine groups is 1. The summed E-state index contributed by atoms with van der Waals surface area (Å²) in [5.74, 6) is -1.16. The van der Waals surface area contributed by atoms with Crippen LogP contribution in [0, 0.1) is 0 Å². The van der Waals surface area contributed by atoms with E-state index in [1.54, 1.807) is 30.3 Å². The van der Waals surface area contributed by atoms with Crippen LogP contribution < -0.4 is 16.4 Å². The molecule has 8 nitrogen and oxygen atoms in total. The molecular weight excluding hydrogens is 430 g/mol. The summed E-state index contributed by atoms with van der Waals surface area (Å²) in [5, 5.41) is 5.17. The molecule has 0 saturated carbocycles. The maximum atomic E-state index is 13.1. The van der Waals surface area contributed by atoms with Crippen molar-refractivity contribution in [2.75, 3.05) is 0 Å². The van der Waals surface area contributed by atoms with E-state index in [1.165, 1.54) is 10.7 Å². The highest BCUT2D eigenvalue weighted by molar-refractivity contribution is 6.07. The van der Waals surface area contributed by atoms with Crippen molar-refractivity contribution in [1.29, 1.82) is 0 Å². The van der Waals surface area contributed by atoms with Gasteiger partial charge in [0.25, 0.3) is 11.8 Å². The number of carbonyl (C=O) groups excluding carboxylic acids is 2. The number of amides is 2. The summed E-state index contributed by atoms with van der Waals surface area (Å²) in [6.07, 6.45) is 0. The first-order chi connectivity index (χ1) is 16.6. The number of aromatic nitrogens is 3. The molecular formula is C26H19N5O3. The largest absolute Gasteiger partial charge is 0.322 e. The minimum atomic E-state index is -0.607. The first-order valence-corrected chi connectivity index (χ1v) is 10.5. The molecule has 2 amide bonds. The van der Waals surface area contributed by atoms with E-state index in [4.69, 9.17) is 0 Å². The van der Waals surface area contributed by atoms with Gasteiger partial charge in [0.2, 0.25) is 5.56 Å². The molecule has 2 aromatic heterocycles. The van der Waals surface area contributed by atoms with Crippen LogP contribution in [0.5, 0.6) is 0 Å². The standard InChI is InChI=1S/C26H19N5O3/c32-24-15-20(19-13-7-8-14-21(19)27-24)25(33)28-29-26(34)23-16-22(17-9-3-1-4-10-17)30-31(23)18-11-5-2-6-12-18/h1-16H,(H,27,32)(H,28,33)(H,29,34). The Kier molecular flexibility index (Phi) is 5.45. The third-order valence-corrected chi connectivity index (χ3v) is 5.30. The molecule has 5 rings (SSSR count). The second-order valence-corrected chi connectivity index (χ2v) is 7.53. The number of H-pyrrole nitrogens is 1.